The Labute approximate surface area is 126 Å². The zero-order valence-electron chi connectivity index (χ0n) is 11.5. The van der Waals surface area contributed by atoms with Gasteiger partial charge in [0.05, 0.1) is 19.0 Å². The van der Waals surface area contributed by atoms with E-state index < -0.39 is 28.1 Å². The van der Waals surface area contributed by atoms with Gasteiger partial charge in [-0.3, -0.25) is 4.57 Å². The summed E-state index contributed by atoms with van der Waals surface area (Å²) >= 11 is 0. The van der Waals surface area contributed by atoms with Crippen molar-refractivity contribution in [2.45, 2.75) is 19.6 Å². The van der Waals surface area contributed by atoms with Crippen LogP contribution in [0.4, 0.5) is 5.82 Å². The van der Waals surface area contributed by atoms with Crippen molar-refractivity contribution in [1.29, 1.82) is 5.00 Å². The van der Waals surface area contributed by atoms with E-state index >= 15 is 0 Å². The number of nitrogens with two attached hydrogens (primary N) is 1. The molecule has 120 valence electrons. The maximum absolute atomic E-state index is 10.7. The number of imidazole rings is 1. The summed E-state index contributed by atoms with van der Waals surface area (Å²) in [7, 11) is -4.99. The summed E-state index contributed by atoms with van der Waals surface area (Å²) in [6.07, 6.45) is 1.85. The second-order valence-corrected chi connectivity index (χ2v) is 5.93. The fourth-order valence-electron chi connectivity index (χ4n) is 1.59. The van der Waals surface area contributed by atoms with Crippen molar-refractivity contribution in [2.75, 3.05) is 12.1 Å². The molecule has 0 fully saturated rings. The van der Waals surface area contributed by atoms with Gasteiger partial charge in [-0.15, -0.1) is 0 Å². The molecule has 1 atom stereocenters. The normalized spacial score (nSPS) is 12.5. The van der Waals surface area contributed by atoms with Gasteiger partial charge in [-0.25, -0.2) is 15.0 Å². The molecule has 11 nitrogen and oxygen atoms in total. The minimum absolute atomic E-state index is 0.285. The Kier molecular flexibility index (Phi) is 6.83. The molecule has 22 heavy (non-hydrogen) atoms. The Balaban J connectivity index is 0.000000745. The van der Waals surface area contributed by atoms with Crippen molar-refractivity contribution < 1.29 is 23.7 Å². The predicted octanol–water partition coefficient (Wildman–Crippen LogP) is 0.706. The standard InChI is InChI=1S/C9H14N5O4P.NOP/c1-6(18-5-19(15,16)17)2-14-4-13-7-8(10)11-3-12-9(7)14;1-3-2/h3-4,6H,2,5H2,1H3,(H2,10,11,12)(H2,15,16,17);. The zero-order valence-corrected chi connectivity index (χ0v) is 13.3. The number of anilines is 1. The zero-order chi connectivity index (χ0) is 16.8. The van der Waals surface area contributed by atoms with Crippen LogP contribution in [-0.4, -0.2) is 41.8 Å². The summed E-state index contributed by atoms with van der Waals surface area (Å²) in [5.41, 5.74) is 6.70. The molecule has 0 spiro atoms. The molecular formula is C9H14N6O5P2. The molecular weight excluding hydrogens is 334 g/mol. The molecule has 13 heteroatoms. The van der Waals surface area contributed by atoms with Crippen LogP contribution in [-0.2, 0) is 20.4 Å². The molecule has 0 bridgehead atoms. The van der Waals surface area contributed by atoms with Crippen LogP contribution < -0.4 is 5.73 Å². The molecule has 0 aliphatic heterocycles. The molecule has 1 unspecified atom stereocenters. The van der Waals surface area contributed by atoms with Crippen molar-refractivity contribution in [3.8, 4) is 0 Å². The number of rotatable bonds is 5. The van der Waals surface area contributed by atoms with Crippen LogP contribution in [0.2, 0.25) is 0 Å². The Bertz CT molecular complexity index is 759. The third-order valence-corrected chi connectivity index (χ3v) is 2.90. The molecule has 0 saturated heterocycles. The first-order chi connectivity index (χ1) is 10.3. The third-order valence-electron chi connectivity index (χ3n) is 2.41. The van der Waals surface area contributed by atoms with Gasteiger partial charge in [0, 0.05) is 0 Å². The third kappa shape index (κ3) is 5.65. The molecule has 0 aliphatic rings. The number of ether oxygens (including phenoxy) is 1. The van der Waals surface area contributed by atoms with E-state index in [-0.39, 0.29) is 5.82 Å². The van der Waals surface area contributed by atoms with Crippen molar-refractivity contribution in [3.05, 3.63) is 12.7 Å². The fourth-order valence-corrected chi connectivity index (χ4v) is 2.04. The summed E-state index contributed by atoms with van der Waals surface area (Å²) in [6.45, 7) is 2.05. The quantitative estimate of drug-likeness (QED) is 0.651. The molecule has 0 aromatic carbocycles. The Morgan fingerprint density at radius 3 is 2.73 bits per heavy atom. The Hall–Kier alpha value is -1.60. The van der Waals surface area contributed by atoms with Gasteiger partial charge in [0.2, 0.25) is 0 Å². The van der Waals surface area contributed by atoms with Gasteiger partial charge >= 0.3 is 25.3 Å². The fraction of sp³-hybridized carbons (Fsp3) is 0.444. The Morgan fingerprint density at radius 1 is 1.50 bits per heavy atom. The molecule has 2 aromatic rings. The number of hydrogen-bond donors (Lipinski definition) is 3. The van der Waals surface area contributed by atoms with E-state index in [0.717, 1.165) is 0 Å². The van der Waals surface area contributed by atoms with Gasteiger partial charge in [-0.1, -0.05) is 0 Å². The second-order valence-electron chi connectivity index (χ2n) is 4.18. The number of nitrogen functional groups attached to an aromatic ring is 1. The maximum atomic E-state index is 10.7. The summed E-state index contributed by atoms with van der Waals surface area (Å²) in [4.78, 5) is 29.4. The van der Waals surface area contributed by atoms with Crippen LogP contribution in [0.1, 0.15) is 6.92 Å². The van der Waals surface area contributed by atoms with E-state index in [1.54, 1.807) is 11.5 Å². The van der Waals surface area contributed by atoms with E-state index in [9.17, 15) is 4.57 Å². The molecule has 4 N–H and O–H groups in total. The van der Waals surface area contributed by atoms with Gasteiger partial charge in [-0.05, 0) is 6.92 Å². The topological polar surface area (TPSA) is 177 Å². The average Bonchev–Trinajstić information content (AvgIpc) is 2.81. The molecule has 2 rings (SSSR count). The first kappa shape index (κ1) is 18.4. The van der Waals surface area contributed by atoms with Gasteiger partial charge < -0.3 is 24.8 Å². The van der Waals surface area contributed by atoms with Gasteiger partial charge in [0.15, 0.2) is 11.5 Å². The molecule has 2 heterocycles. The van der Waals surface area contributed by atoms with Crippen molar-refractivity contribution in [2.24, 2.45) is 0 Å². The van der Waals surface area contributed by atoms with Crippen molar-refractivity contribution in [1.82, 2.24) is 19.5 Å². The monoisotopic (exact) mass is 348 g/mol. The van der Waals surface area contributed by atoms with Gasteiger partial charge in [0.1, 0.15) is 18.2 Å². The van der Waals surface area contributed by atoms with Crippen LogP contribution >= 0.6 is 15.7 Å². The van der Waals surface area contributed by atoms with Crippen LogP contribution in [0.25, 0.3) is 11.2 Å². The SMILES string of the molecule is CC(Cn1cnc2c(N)ncnc21)OCP(=O)(O)O.N#P=O. The first-order valence-corrected chi connectivity index (χ1v) is 8.39. The van der Waals surface area contributed by atoms with Crippen LogP contribution in [0.15, 0.2) is 12.7 Å². The van der Waals surface area contributed by atoms with E-state index in [2.05, 4.69) is 15.0 Å². The number of nitrogens with zero attached hydrogens (tertiary/aromatic N) is 5. The van der Waals surface area contributed by atoms with Crippen molar-refractivity contribution in [3.63, 3.8) is 0 Å². The van der Waals surface area contributed by atoms with E-state index in [1.165, 1.54) is 12.7 Å². The number of hydrogen-bond acceptors (Lipinski definition) is 8. The number of fused-ring (bicyclic) bond motifs is 1. The van der Waals surface area contributed by atoms with E-state index in [1.807, 2.05) is 0 Å². The van der Waals surface area contributed by atoms with Crippen LogP contribution in [0, 0.1) is 5.00 Å². The van der Waals surface area contributed by atoms with Gasteiger partial charge in [0.25, 0.3) is 0 Å². The van der Waals surface area contributed by atoms with E-state index in [4.69, 9.17) is 29.8 Å². The summed E-state index contributed by atoms with van der Waals surface area (Å²) in [5.74, 6) is 0.285. The van der Waals surface area contributed by atoms with Crippen LogP contribution in [0.3, 0.4) is 0 Å². The second kappa shape index (κ2) is 8.14. The molecule has 0 radical (unpaired) electrons. The van der Waals surface area contributed by atoms with E-state index in [0.29, 0.717) is 17.7 Å². The number of aromatic nitrogens is 4. The minimum atomic E-state index is -4.16. The first-order valence-electron chi connectivity index (χ1n) is 5.82. The predicted molar refractivity (Wildman–Crippen MR) is 76.5 cm³/mol. The summed E-state index contributed by atoms with van der Waals surface area (Å²) < 4.78 is 25.9. The van der Waals surface area contributed by atoms with Crippen LogP contribution in [0.5, 0.6) is 0 Å². The van der Waals surface area contributed by atoms with Crippen molar-refractivity contribution >= 4 is 32.7 Å². The molecule has 0 aliphatic carbocycles. The summed E-state index contributed by atoms with van der Waals surface area (Å²) in [6, 6.07) is 0. The Morgan fingerprint density at radius 2 is 2.14 bits per heavy atom. The average molecular weight is 348 g/mol. The molecule has 0 amide bonds. The molecule has 0 saturated carbocycles. The summed E-state index contributed by atoms with van der Waals surface area (Å²) in [5, 5.41) is 6.99. The molecule has 2 aromatic heterocycles. The van der Waals surface area contributed by atoms with Gasteiger partial charge in [-0.2, -0.15) is 0 Å².